The summed E-state index contributed by atoms with van der Waals surface area (Å²) >= 11 is 6.17. The van der Waals surface area contributed by atoms with Crippen molar-refractivity contribution in [2.75, 3.05) is 13.2 Å². The van der Waals surface area contributed by atoms with Crippen LogP contribution in [-0.2, 0) is 24.2 Å². The van der Waals surface area contributed by atoms with Crippen molar-refractivity contribution in [3.63, 3.8) is 0 Å². The van der Waals surface area contributed by atoms with E-state index in [1.54, 1.807) is 0 Å². The minimum absolute atomic E-state index is 0.0183. The maximum Gasteiger partial charge on any atom is 0.224 e. The highest BCUT2D eigenvalue weighted by molar-refractivity contribution is 6.31. The lowest BCUT2D eigenvalue weighted by atomic mass is 10.1. The fourth-order valence-electron chi connectivity index (χ4n) is 4.20. The van der Waals surface area contributed by atoms with Gasteiger partial charge in [0.25, 0.3) is 0 Å². The van der Waals surface area contributed by atoms with Crippen molar-refractivity contribution in [3.8, 4) is 5.75 Å². The van der Waals surface area contributed by atoms with E-state index in [9.17, 15) is 4.79 Å². The van der Waals surface area contributed by atoms with Gasteiger partial charge in [-0.1, -0.05) is 54.1 Å². The monoisotopic (exact) mass is 489 g/mol. The number of carbonyl (C=O) groups excluding carboxylic acids is 1. The van der Waals surface area contributed by atoms with Crippen molar-refractivity contribution >= 4 is 28.5 Å². The third-order valence-electron chi connectivity index (χ3n) is 6.28. The summed E-state index contributed by atoms with van der Waals surface area (Å²) in [6.07, 6.45) is 2.78. The van der Waals surface area contributed by atoms with E-state index in [4.69, 9.17) is 21.3 Å². The van der Waals surface area contributed by atoms with Crippen LogP contribution in [0.4, 0.5) is 0 Å². The van der Waals surface area contributed by atoms with E-state index < -0.39 is 0 Å². The lowest BCUT2D eigenvalue weighted by molar-refractivity contribution is -0.120. The Labute approximate surface area is 212 Å². The number of carbonyl (C=O) groups is 1. The summed E-state index contributed by atoms with van der Waals surface area (Å²) < 4.78 is 8.34. The summed E-state index contributed by atoms with van der Waals surface area (Å²) in [4.78, 5) is 17.2. The van der Waals surface area contributed by atoms with E-state index in [2.05, 4.69) is 35.9 Å². The number of halogens is 1. The molecule has 182 valence electrons. The van der Waals surface area contributed by atoms with Crippen molar-refractivity contribution in [1.29, 1.82) is 0 Å². The summed E-state index contributed by atoms with van der Waals surface area (Å²) in [6.45, 7) is 6.28. The molecule has 0 fully saturated rings. The molecular weight excluding hydrogens is 458 g/mol. The number of aromatic nitrogens is 2. The molecule has 1 N–H and O–H groups in total. The molecule has 4 aromatic rings. The standard InChI is InChI=1S/C29H32ClN3O2/c1-21-10-7-15-27(22(21)2)35-19-9-18-33-26-14-6-5-13-25(26)32-28(33)16-8-17-31-29(34)20-23-11-3-4-12-24(23)30/h3-7,10-15H,8-9,16-20H2,1-2H3,(H,31,34). The summed E-state index contributed by atoms with van der Waals surface area (Å²) in [7, 11) is 0. The van der Waals surface area contributed by atoms with Crippen LogP contribution in [0.2, 0.25) is 5.02 Å². The Morgan fingerprint density at radius 1 is 1.00 bits per heavy atom. The smallest absolute Gasteiger partial charge is 0.224 e. The number of benzene rings is 3. The highest BCUT2D eigenvalue weighted by Gasteiger charge is 2.11. The van der Waals surface area contributed by atoms with Crippen molar-refractivity contribution in [3.05, 3.63) is 94.3 Å². The Balaban J connectivity index is 1.31. The van der Waals surface area contributed by atoms with Crippen LogP contribution in [-0.4, -0.2) is 28.6 Å². The van der Waals surface area contributed by atoms with E-state index in [0.717, 1.165) is 54.0 Å². The van der Waals surface area contributed by atoms with Crippen molar-refractivity contribution in [1.82, 2.24) is 14.9 Å². The normalized spacial score (nSPS) is 11.1. The summed E-state index contributed by atoms with van der Waals surface area (Å²) in [6, 6.07) is 21.8. The van der Waals surface area contributed by atoms with Gasteiger partial charge in [0.05, 0.1) is 24.1 Å². The zero-order chi connectivity index (χ0) is 24.6. The number of ether oxygens (including phenoxy) is 1. The van der Waals surface area contributed by atoms with Gasteiger partial charge in [0.15, 0.2) is 0 Å². The van der Waals surface area contributed by atoms with Gasteiger partial charge < -0.3 is 14.6 Å². The van der Waals surface area contributed by atoms with Gasteiger partial charge >= 0.3 is 0 Å². The van der Waals surface area contributed by atoms with Crippen LogP contribution in [0.5, 0.6) is 5.75 Å². The topological polar surface area (TPSA) is 56.1 Å². The molecular formula is C29H32ClN3O2. The minimum Gasteiger partial charge on any atom is -0.493 e. The predicted octanol–water partition coefficient (Wildman–Crippen LogP) is 6.07. The van der Waals surface area contributed by atoms with E-state index in [0.29, 0.717) is 24.6 Å². The maximum atomic E-state index is 12.3. The molecule has 0 aliphatic rings. The molecule has 0 radical (unpaired) electrons. The molecule has 0 unspecified atom stereocenters. The Hall–Kier alpha value is -3.31. The number of nitrogens with one attached hydrogen (secondary N) is 1. The lowest BCUT2D eigenvalue weighted by Gasteiger charge is -2.13. The van der Waals surface area contributed by atoms with Gasteiger partial charge in [0.1, 0.15) is 11.6 Å². The van der Waals surface area contributed by atoms with Crippen LogP contribution in [0.25, 0.3) is 11.0 Å². The molecule has 0 bridgehead atoms. The Morgan fingerprint density at radius 2 is 1.80 bits per heavy atom. The highest BCUT2D eigenvalue weighted by atomic mass is 35.5. The van der Waals surface area contributed by atoms with Crippen LogP contribution in [0, 0.1) is 13.8 Å². The number of aryl methyl sites for hydroxylation is 3. The fraction of sp³-hybridized carbons (Fsp3) is 0.310. The summed E-state index contributed by atoms with van der Waals surface area (Å²) in [5.41, 5.74) is 5.41. The molecule has 5 nitrogen and oxygen atoms in total. The molecule has 0 aliphatic carbocycles. The van der Waals surface area contributed by atoms with Crippen LogP contribution >= 0.6 is 11.6 Å². The molecule has 6 heteroatoms. The number of nitrogens with zero attached hydrogens (tertiary/aromatic N) is 2. The van der Waals surface area contributed by atoms with E-state index in [1.807, 2.05) is 54.6 Å². The van der Waals surface area contributed by atoms with Gasteiger partial charge in [0.2, 0.25) is 5.91 Å². The zero-order valence-electron chi connectivity index (χ0n) is 20.4. The highest BCUT2D eigenvalue weighted by Crippen LogP contribution is 2.22. The molecule has 0 saturated carbocycles. The van der Waals surface area contributed by atoms with Crippen molar-refractivity contribution in [2.45, 2.75) is 46.1 Å². The second kappa shape index (κ2) is 11.9. The maximum absolute atomic E-state index is 12.3. The molecule has 4 rings (SSSR count). The second-order valence-electron chi connectivity index (χ2n) is 8.79. The fourth-order valence-corrected chi connectivity index (χ4v) is 4.41. The molecule has 3 aromatic carbocycles. The number of rotatable bonds is 11. The van der Waals surface area contributed by atoms with Gasteiger partial charge in [-0.25, -0.2) is 4.98 Å². The van der Waals surface area contributed by atoms with E-state index in [1.165, 1.54) is 11.1 Å². The molecule has 1 heterocycles. The number of para-hydroxylation sites is 2. The second-order valence-corrected chi connectivity index (χ2v) is 9.20. The molecule has 1 aromatic heterocycles. The molecule has 0 aliphatic heterocycles. The Morgan fingerprint density at radius 3 is 2.66 bits per heavy atom. The van der Waals surface area contributed by atoms with Crippen LogP contribution in [0.1, 0.15) is 35.4 Å². The largest absolute Gasteiger partial charge is 0.493 e. The van der Waals surface area contributed by atoms with Gasteiger partial charge in [-0.05, 0) is 67.6 Å². The number of fused-ring (bicyclic) bond motifs is 1. The average Bonchev–Trinajstić information content (AvgIpc) is 3.21. The van der Waals surface area contributed by atoms with Gasteiger partial charge in [0, 0.05) is 24.5 Å². The average molecular weight is 490 g/mol. The van der Waals surface area contributed by atoms with Gasteiger partial charge in [-0.15, -0.1) is 0 Å². The van der Waals surface area contributed by atoms with E-state index in [-0.39, 0.29) is 5.91 Å². The quantitative estimate of drug-likeness (QED) is 0.260. The van der Waals surface area contributed by atoms with Gasteiger partial charge in [-0.2, -0.15) is 0 Å². The number of hydrogen-bond donors (Lipinski definition) is 1. The first kappa shape index (κ1) is 24.8. The Bertz CT molecular complexity index is 1300. The first-order valence-corrected chi connectivity index (χ1v) is 12.5. The summed E-state index contributed by atoms with van der Waals surface area (Å²) in [5.74, 6) is 1.97. The minimum atomic E-state index is -0.0183. The van der Waals surface area contributed by atoms with Crippen molar-refractivity contribution < 1.29 is 9.53 Å². The third-order valence-corrected chi connectivity index (χ3v) is 6.65. The summed E-state index contributed by atoms with van der Waals surface area (Å²) in [5, 5.41) is 3.63. The van der Waals surface area contributed by atoms with Crippen molar-refractivity contribution in [2.24, 2.45) is 0 Å². The Kier molecular flexibility index (Phi) is 8.43. The molecule has 35 heavy (non-hydrogen) atoms. The number of amides is 1. The van der Waals surface area contributed by atoms with Crippen LogP contribution in [0.3, 0.4) is 0 Å². The van der Waals surface area contributed by atoms with Gasteiger partial charge in [-0.3, -0.25) is 4.79 Å². The molecule has 0 atom stereocenters. The molecule has 0 saturated heterocycles. The van der Waals surface area contributed by atoms with Crippen LogP contribution < -0.4 is 10.1 Å². The first-order chi connectivity index (χ1) is 17.0. The molecule has 1 amide bonds. The van der Waals surface area contributed by atoms with Crippen LogP contribution in [0.15, 0.2) is 66.7 Å². The SMILES string of the molecule is Cc1cccc(OCCCn2c(CCCNC(=O)Cc3ccccc3Cl)nc3ccccc32)c1C. The zero-order valence-corrected chi connectivity index (χ0v) is 21.1. The third kappa shape index (κ3) is 6.43. The molecule has 0 spiro atoms. The van der Waals surface area contributed by atoms with E-state index >= 15 is 0 Å². The predicted molar refractivity (Wildman–Crippen MR) is 142 cm³/mol. The lowest BCUT2D eigenvalue weighted by Crippen LogP contribution is -2.26. The number of hydrogen-bond acceptors (Lipinski definition) is 3. The first-order valence-electron chi connectivity index (χ1n) is 12.2. The number of imidazole rings is 1.